The van der Waals surface area contributed by atoms with Gasteiger partial charge in [-0.05, 0) is 65.5 Å². The third-order valence-corrected chi connectivity index (χ3v) is 4.40. The van der Waals surface area contributed by atoms with E-state index < -0.39 is 0 Å². The molecule has 1 aromatic carbocycles. The maximum atomic E-state index is 13.2. The van der Waals surface area contributed by atoms with Gasteiger partial charge in [0.05, 0.1) is 4.47 Å². The summed E-state index contributed by atoms with van der Waals surface area (Å²) >= 11 is 3.25. The lowest BCUT2D eigenvalue weighted by Gasteiger charge is -2.31. The molecule has 0 amide bonds. The summed E-state index contributed by atoms with van der Waals surface area (Å²) in [6, 6.07) is 5.33. The van der Waals surface area contributed by atoms with Crippen LogP contribution in [0, 0.1) is 11.7 Å². The van der Waals surface area contributed by atoms with Crippen molar-refractivity contribution >= 4 is 15.9 Å². The first-order chi connectivity index (χ1) is 8.69. The Bertz CT molecular complexity index is 386. The largest absolute Gasteiger partial charge is 0.299 e. The number of likely N-dealkylation sites (tertiary alicyclic amines) is 1. The van der Waals surface area contributed by atoms with Crippen LogP contribution in [0.1, 0.15) is 38.2 Å². The van der Waals surface area contributed by atoms with E-state index in [1.54, 1.807) is 6.07 Å². The normalized spacial score (nSPS) is 18.2. The van der Waals surface area contributed by atoms with Crippen LogP contribution in [0.25, 0.3) is 0 Å². The molecule has 0 spiro atoms. The van der Waals surface area contributed by atoms with Crippen molar-refractivity contribution in [3.8, 4) is 0 Å². The second-order valence-corrected chi connectivity index (χ2v) is 6.11. The SMILES string of the molecule is CCCC1CCN(Cc2ccc(F)c(Br)c2)CC1. The molecule has 0 radical (unpaired) electrons. The van der Waals surface area contributed by atoms with Crippen molar-refractivity contribution in [2.75, 3.05) is 13.1 Å². The van der Waals surface area contributed by atoms with E-state index in [-0.39, 0.29) is 5.82 Å². The van der Waals surface area contributed by atoms with E-state index in [4.69, 9.17) is 0 Å². The van der Waals surface area contributed by atoms with Crippen molar-refractivity contribution < 1.29 is 4.39 Å². The van der Waals surface area contributed by atoms with Crippen LogP contribution in [0.3, 0.4) is 0 Å². The van der Waals surface area contributed by atoms with E-state index in [1.807, 2.05) is 12.1 Å². The van der Waals surface area contributed by atoms with Gasteiger partial charge in [0.15, 0.2) is 0 Å². The summed E-state index contributed by atoms with van der Waals surface area (Å²) in [6.45, 7) is 5.57. The molecule has 0 unspecified atom stereocenters. The zero-order valence-corrected chi connectivity index (χ0v) is 12.5. The molecule has 0 N–H and O–H groups in total. The van der Waals surface area contributed by atoms with Gasteiger partial charge in [0, 0.05) is 6.54 Å². The molecule has 2 rings (SSSR count). The number of rotatable bonds is 4. The Morgan fingerprint density at radius 1 is 1.33 bits per heavy atom. The van der Waals surface area contributed by atoms with Crippen LogP contribution in [0.4, 0.5) is 4.39 Å². The number of halogens is 2. The summed E-state index contributed by atoms with van der Waals surface area (Å²) in [6.07, 6.45) is 5.30. The van der Waals surface area contributed by atoms with E-state index in [2.05, 4.69) is 27.8 Å². The minimum atomic E-state index is -0.180. The first-order valence-corrected chi connectivity index (χ1v) is 7.64. The number of nitrogens with zero attached hydrogens (tertiary/aromatic N) is 1. The Morgan fingerprint density at radius 3 is 2.67 bits per heavy atom. The predicted molar refractivity (Wildman–Crippen MR) is 77.0 cm³/mol. The minimum Gasteiger partial charge on any atom is -0.299 e. The maximum Gasteiger partial charge on any atom is 0.137 e. The van der Waals surface area contributed by atoms with Crippen LogP contribution in [0.5, 0.6) is 0 Å². The van der Waals surface area contributed by atoms with Crippen molar-refractivity contribution in [3.63, 3.8) is 0 Å². The van der Waals surface area contributed by atoms with Gasteiger partial charge < -0.3 is 0 Å². The minimum absolute atomic E-state index is 0.180. The van der Waals surface area contributed by atoms with Gasteiger partial charge in [-0.2, -0.15) is 0 Å². The molecule has 1 fully saturated rings. The number of hydrogen-bond donors (Lipinski definition) is 0. The molecule has 100 valence electrons. The molecule has 1 aromatic rings. The van der Waals surface area contributed by atoms with E-state index in [0.29, 0.717) is 4.47 Å². The van der Waals surface area contributed by atoms with Gasteiger partial charge in [-0.25, -0.2) is 4.39 Å². The molecule has 0 atom stereocenters. The van der Waals surface area contributed by atoms with E-state index >= 15 is 0 Å². The fourth-order valence-corrected chi connectivity index (χ4v) is 3.16. The van der Waals surface area contributed by atoms with E-state index in [1.165, 1.54) is 44.3 Å². The molecule has 1 aliphatic heterocycles. The standard InChI is InChI=1S/C15H21BrFN/c1-2-3-12-6-8-18(9-7-12)11-13-4-5-15(17)14(16)10-13/h4-5,10,12H,2-3,6-9,11H2,1H3. The Balaban J connectivity index is 1.85. The molecular formula is C15H21BrFN. The monoisotopic (exact) mass is 313 g/mol. The van der Waals surface area contributed by atoms with Crippen LogP contribution in [-0.4, -0.2) is 18.0 Å². The van der Waals surface area contributed by atoms with Crippen LogP contribution >= 0.6 is 15.9 Å². The average molecular weight is 314 g/mol. The van der Waals surface area contributed by atoms with Gasteiger partial charge in [0.2, 0.25) is 0 Å². The van der Waals surface area contributed by atoms with Crippen LogP contribution < -0.4 is 0 Å². The van der Waals surface area contributed by atoms with Crippen molar-refractivity contribution in [2.45, 2.75) is 39.2 Å². The number of hydrogen-bond acceptors (Lipinski definition) is 1. The molecule has 1 nitrogen and oxygen atoms in total. The Labute approximate surface area is 118 Å². The average Bonchev–Trinajstić information content (AvgIpc) is 2.37. The topological polar surface area (TPSA) is 3.24 Å². The molecule has 1 aliphatic rings. The second kappa shape index (κ2) is 6.67. The number of benzene rings is 1. The second-order valence-electron chi connectivity index (χ2n) is 5.26. The molecule has 0 saturated carbocycles. The van der Waals surface area contributed by atoms with E-state index in [9.17, 15) is 4.39 Å². The fourth-order valence-electron chi connectivity index (χ4n) is 2.74. The molecule has 1 heterocycles. The van der Waals surface area contributed by atoms with Gasteiger partial charge in [-0.15, -0.1) is 0 Å². The lowest BCUT2D eigenvalue weighted by Crippen LogP contribution is -2.33. The third kappa shape index (κ3) is 3.79. The summed E-state index contributed by atoms with van der Waals surface area (Å²) in [7, 11) is 0. The lowest BCUT2D eigenvalue weighted by molar-refractivity contribution is 0.172. The van der Waals surface area contributed by atoms with Crippen molar-refractivity contribution in [1.82, 2.24) is 4.90 Å². The van der Waals surface area contributed by atoms with Crippen LogP contribution in [0.2, 0.25) is 0 Å². The van der Waals surface area contributed by atoms with Gasteiger partial charge >= 0.3 is 0 Å². The summed E-state index contributed by atoms with van der Waals surface area (Å²) in [4.78, 5) is 2.48. The summed E-state index contributed by atoms with van der Waals surface area (Å²) < 4.78 is 13.7. The van der Waals surface area contributed by atoms with Crippen LogP contribution in [0.15, 0.2) is 22.7 Å². The quantitative estimate of drug-likeness (QED) is 0.785. The molecule has 18 heavy (non-hydrogen) atoms. The first-order valence-electron chi connectivity index (χ1n) is 6.85. The zero-order chi connectivity index (χ0) is 13.0. The lowest BCUT2D eigenvalue weighted by atomic mass is 9.92. The molecule has 0 aliphatic carbocycles. The fraction of sp³-hybridized carbons (Fsp3) is 0.600. The zero-order valence-electron chi connectivity index (χ0n) is 11.0. The summed E-state index contributed by atoms with van der Waals surface area (Å²) in [5, 5.41) is 0. The van der Waals surface area contributed by atoms with Crippen molar-refractivity contribution in [1.29, 1.82) is 0 Å². The predicted octanol–water partition coefficient (Wildman–Crippen LogP) is 4.60. The maximum absolute atomic E-state index is 13.2. The Hall–Kier alpha value is -0.410. The van der Waals surface area contributed by atoms with Crippen molar-refractivity contribution in [2.24, 2.45) is 5.92 Å². The van der Waals surface area contributed by atoms with Gasteiger partial charge in [-0.3, -0.25) is 4.90 Å². The summed E-state index contributed by atoms with van der Waals surface area (Å²) in [5.74, 6) is 0.742. The first kappa shape index (κ1) is 14.0. The molecule has 3 heteroatoms. The highest BCUT2D eigenvalue weighted by molar-refractivity contribution is 9.10. The molecular weight excluding hydrogens is 293 g/mol. The highest BCUT2D eigenvalue weighted by Gasteiger charge is 2.18. The Morgan fingerprint density at radius 2 is 2.06 bits per heavy atom. The van der Waals surface area contributed by atoms with Gasteiger partial charge in [0.1, 0.15) is 5.82 Å². The Kier molecular flexibility index (Phi) is 5.19. The van der Waals surface area contributed by atoms with Gasteiger partial charge in [-0.1, -0.05) is 25.8 Å². The molecule has 1 saturated heterocycles. The highest BCUT2D eigenvalue weighted by Crippen LogP contribution is 2.24. The van der Waals surface area contributed by atoms with E-state index in [0.717, 1.165) is 12.5 Å². The smallest absolute Gasteiger partial charge is 0.137 e. The molecule has 0 bridgehead atoms. The van der Waals surface area contributed by atoms with Gasteiger partial charge in [0.25, 0.3) is 0 Å². The number of piperidine rings is 1. The molecule has 0 aromatic heterocycles. The highest BCUT2D eigenvalue weighted by atomic mass is 79.9. The van der Waals surface area contributed by atoms with Crippen LogP contribution in [-0.2, 0) is 6.54 Å². The van der Waals surface area contributed by atoms with Crippen molar-refractivity contribution in [3.05, 3.63) is 34.1 Å². The summed E-state index contributed by atoms with van der Waals surface area (Å²) in [5.41, 5.74) is 1.19. The third-order valence-electron chi connectivity index (χ3n) is 3.79.